The zero-order valence-corrected chi connectivity index (χ0v) is 43.2. The summed E-state index contributed by atoms with van der Waals surface area (Å²) in [5.74, 6) is 0. The maximum atomic E-state index is 2.62. The molecule has 10 aromatic rings. The SMILES string of the molecule is CC(C)(C)c1ccc(N2c3cc4c(cc3B3c5sc6cc7c(cc6c5N(c5ccc(C(C)(C)C)cc5)c5cccc2c53)-c2ccccc2C7(C)C)c2ccccc2n4-c2ccc(C(C)(C)C)cc2)cc1. The van der Waals surface area contributed by atoms with Gasteiger partial charge in [-0.15, -0.1) is 11.3 Å². The van der Waals surface area contributed by atoms with E-state index < -0.39 is 0 Å². The summed E-state index contributed by atoms with van der Waals surface area (Å²) in [6.07, 6.45) is 0. The summed E-state index contributed by atoms with van der Waals surface area (Å²) in [4.78, 5) is 5.19. The lowest BCUT2D eigenvalue weighted by Gasteiger charge is -2.43. The molecule has 0 N–H and O–H groups in total. The smallest absolute Gasteiger partial charge is 0.264 e. The Morgan fingerprint density at radius 1 is 0.443 bits per heavy atom. The first kappa shape index (κ1) is 43.2. The summed E-state index contributed by atoms with van der Waals surface area (Å²) >= 11 is 2.00. The van der Waals surface area contributed by atoms with Crippen LogP contribution >= 0.6 is 11.3 Å². The van der Waals surface area contributed by atoms with Gasteiger partial charge >= 0.3 is 0 Å². The summed E-state index contributed by atoms with van der Waals surface area (Å²) in [5, 5.41) is 3.87. The van der Waals surface area contributed by atoms with E-state index in [4.69, 9.17) is 0 Å². The molecule has 3 nitrogen and oxygen atoms in total. The minimum absolute atomic E-state index is 0.00323. The van der Waals surface area contributed by atoms with E-state index in [-0.39, 0.29) is 28.4 Å². The molecule has 0 atom stereocenters. The number of hydrogen-bond acceptors (Lipinski definition) is 3. The Morgan fingerprint density at radius 2 is 1.00 bits per heavy atom. The fraction of sp³-hybridized carbons (Fsp3) is 0.231. The summed E-state index contributed by atoms with van der Waals surface area (Å²) in [6, 6.07) is 63.5. The quantitative estimate of drug-likeness (QED) is 0.164. The zero-order chi connectivity index (χ0) is 48.4. The molecule has 0 amide bonds. The van der Waals surface area contributed by atoms with Crippen LogP contribution < -0.4 is 25.5 Å². The Labute approximate surface area is 418 Å². The molecule has 0 unspecified atom stereocenters. The predicted molar refractivity (Wildman–Crippen MR) is 304 cm³/mol. The van der Waals surface area contributed by atoms with Crippen LogP contribution in [0.1, 0.15) is 104 Å². The van der Waals surface area contributed by atoms with Crippen molar-refractivity contribution in [3.63, 3.8) is 0 Å². The van der Waals surface area contributed by atoms with Gasteiger partial charge in [-0.05, 0) is 139 Å². The predicted octanol–water partition coefficient (Wildman–Crippen LogP) is 16.3. The number of hydrogen-bond donors (Lipinski definition) is 0. The van der Waals surface area contributed by atoms with Gasteiger partial charge < -0.3 is 14.4 Å². The number of para-hydroxylation sites is 1. The maximum absolute atomic E-state index is 2.62. The van der Waals surface area contributed by atoms with E-state index >= 15 is 0 Å². The Kier molecular flexibility index (Phi) is 9.03. The average molecular weight is 926 g/mol. The topological polar surface area (TPSA) is 11.4 Å². The number of benzene rings is 8. The lowest BCUT2D eigenvalue weighted by Crippen LogP contribution is -2.60. The van der Waals surface area contributed by atoms with Crippen LogP contribution in [0.15, 0.2) is 164 Å². The van der Waals surface area contributed by atoms with Crippen LogP contribution in [0.2, 0.25) is 0 Å². The monoisotopic (exact) mass is 925 g/mol. The van der Waals surface area contributed by atoms with Gasteiger partial charge in [-0.2, -0.15) is 0 Å². The van der Waals surface area contributed by atoms with Crippen molar-refractivity contribution in [2.75, 3.05) is 9.80 Å². The summed E-state index contributed by atoms with van der Waals surface area (Å²) in [5.41, 5.74) is 23.2. The number of fused-ring (bicyclic) bond motifs is 12. The molecule has 2 aliphatic heterocycles. The van der Waals surface area contributed by atoms with Crippen molar-refractivity contribution in [2.24, 2.45) is 0 Å². The first-order valence-electron chi connectivity index (χ1n) is 25.2. The van der Waals surface area contributed by atoms with Crippen molar-refractivity contribution in [1.29, 1.82) is 0 Å². The molecule has 0 spiro atoms. The first-order valence-corrected chi connectivity index (χ1v) is 26.0. The van der Waals surface area contributed by atoms with Gasteiger partial charge in [-0.1, -0.05) is 167 Å². The van der Waals surface area contributed by atoms with Gasteiger partial charge in [0, 0.05) is 65.2 Å². The Bertz CT molecular complexity index is 3790. The lowest BCUT2D eigenvalue weighted by molar-refractivity contribution is 0.590. The second kappa shape index (κ2) is 14.6. The van der Waals surface area contributed by atoms with E-state index in [0.29, 0.717) is 0 Å². The molecule has 344 valence electrons. The van der Waals surface area contributed by atoms with Crippen molar-refractivity contribution in [3.8, 4) is 16.8 Å². The third-order valence-corrected chi connectivity index (χ3v) is 17.3. The van der Waals surface area contributed by atoms with Crippen molar-refractivity contribution in [3.05, 3.63) is 192 Å². The number of thiophene rings is 1. The highest BCUT2D eigenvalue weighted by molar-refractivity contribution is 7.33. The van der Waals surface area contributed by atoms with E-state index in [1.54, 1.807) is 0 Å². The number of anilines is 6. The molecule has 0 saturated heterocycles. The number of rotatable bonds is 3. The third-order valence-electron chi connectivity index (χ3n) is 16.1. The Hall–Kier alpha value is -6.82. The maximum Gasteiger partial charge on any atom is 0.264 e. The van der Waals surface area contributed by atoms with Gasteiger partial charge in [-0.25, -0.2) is 0 Å². The van der Waals surface area contributed by atoms with Gasteiger partial charge in [0.15, 0.2) is 0 Å². The Balaban J connectivity index is 1.13. The van der Waals surface area contributed by atoms with Gasteiger partial charge in [0.25, 0.3) is 6.71 Å². The van der Waals surface area contributed by atoms with Gasteiger partial charge in [0.05, 0.1) is 16.7 Å². The van der Waals surface area contributed by atoms with E-state index in [9.17, 15) is 0 Å². The largest absolute Gasteiger partial charge is 0.311 e. The molecule has 3 aliphatic rings. The molecule has 2 aromatic heterocycles. The molecular weight excluding hydrogens is 866 g/mol. The molecule has 70 heavy (non-hydrogen) atoms. The highest BCUT2D eigenvalue weighted by Crippen LogP contribution is 2.54. The molecule has 4 heterocycles. The highest BCUT2D eigenvalue weighted by atomic mass is 32.1. The molecule has 0 radical (unpaired) electrons. The lowest BCUT2D eigenvalue weighted by atomic mass is 9.36. The second-order valence-electron chi connectivity index (χ2n) is 23.9. The first-order chi connectivity index (χ1) is 33.4. The normalized spacial score (nSPS) is 14.8. The molecule has 0 saturated carbocycles. The van der Waals surface area contributed by atoms with Crippen molar-refractivity contribution < 1.29 is 0 Å². The van der Waals surface area contributed by atoms with Crippen LogP contribution in [0, 0.1) is 0 Å². The molecule has 13 rings (SSSR count). The van der Waals surface area contributed by atoms with Crippen LogP contribution in [0.3, 0.4) is 0 Å². The van der Waals surface area contributed by atoms with Gasteiger partial charge in [-0.3, -0.25) is 0 Å². The van der Waals surface area contributed by atoms with Gasteiger partial charge in [0.2, 0.25) is 0 Å². The molecule has 0 bridgehead atoms. The van der Waals surface area contributed by atoms with Crippen molar-refractivity contribution >= 4 is 99.8 Å². The fourth-order valence-electron chi connectivity index (χ4n) is 12.2. The highest BCUT2D eigenvalue weighted by Gasteiger charge is 2.46. The van der Waals surface area contributed by atoms with Crippen LogP contribution in [0.5, 0.6) is 0 Å². The van der Waals surface area contributed by atoms with E-state index in [1.165, 1.54) is 121 Å². The Morgan fingerprint density at radius 3 is 1.63 bits per heavy atom. The molecule has 5 heteroatoms. The number of aromatic nitrogens is 1. The van der Waals surface area contributed by atoms with Crippen LogP contribution in [0.25, 0.3) is 48.7 Å². The van der Waals surface area contributed by atoms with Crippen LogP contribution in [-0.4, -0.2) is 11.3 Å². The van der Waals surface area contributed by atoms with Crippen molar-refractivity contribution in [2.45, 2.75) is 97.8 Å². The molecular formula is C65H60BN3S. The number of nitrogens with zero attached hydrogens (tertiary/aromatic N) is 3. The average Bonchev–Trinajstić information content (AvgIpc) is 3.94. The van der Waals surface area contributed by atoms with E-state index in [1.807, 2.05) is 11.3 Å². The van der Waals surface area contributed by atoms with Crippen LogP contribution in [-0.2, 0) is 21.7 Å². The molecule has 8 aromatic carbocycles. The second-order valence-corrected chi connectivity index (χ2v) is 24.9. The summed E-state index contributed by atoms with van der Waals surface area (Å²) in [7, 11) is 0. The molecule has 1 aliphatic carbocycles. The van der Waals surface area contributed by atoms with E-state index in [0.717, 1.165) is 5.69 Å². The fourth-order valence-corrected chi connectivity index (χ4v) is 13.6. The molecule has 0 fully saturated rings. The summed E-state index contributed by atoms with van der Waals surface area (Å²) in [6.45, 7) is 25.5. The minimum atomic E-state index is -0.101. The summed E-state index contributed by atoms with van der Waals surface area (Å²) < 4.78 is 5.24. The van der Waals surface area contributed by atoms with Crippen LogP contribution in [0.4, 0.5) is 34.1 Å². The minimum Gasteiger partial charge on any atom is -0.311 e. The standard InChI is InChI=1S/C65H60BN3S/c1-62(2,3)39-23-29-42(30-24-39)67-53-20-15-13-18-46(53)48-36-52-57(38-56(48)67)68(43-31-25-40(26-32-43)63(4,5)6)54-21-16-22-55-59(54)66(52)61-60(69(55)44-33-27-41(28-34-44)64(7,8)9)49-35-47-45-17-12-14-19-50(45)65(10,11)51(47)37-58(49)70-61/h12-38H,1-11H3. The van der Waals surface area contributed by atoms with Crippen molar-refractivity contribution in [1.82, 2.24) is 4.57 Å². The van der Waals surface area contributed by atoms with Gasteiger partial charge in [0.1, 0.15) is 0 Å². The third kappa shape index (κ3) is 6.19. The van der Waals surface area contributed by atoms with E-state index in [2.05, 4.69) is 254 Å². The zero-order valence-electron chi connectivity index (χ0n) is 42.4.